The molecule has 0 saturated carbocycles. The molecule has 9 aromatic rings. The van der Waals surface area contributed by atoms with Gasteiger partial charge in [0.25, 0.3) is 0 Å². The van der Waals surface area contributed by atoms with Gasteiger partial charge in [0, 0.05) is 27.7 Å². The summed E-state index contributed by atoms with van der Waals surface area (Å²) in [6, 6.07) is 60.9. The lowest BCUT2D eigenvalue weighted by Gasteiger charge is -2.29. The van der Waals surface area contributed by atoms with Gasteiger partial charge in [0.05, 0.1) is 11.4 Å². The van der Waals surface area contributed by atoms with Crippen molar-refractivity contribution >= 4 is 49.6 Å². The number of fused-ring (bicyclic) bond motifs is 8. The van der Waals surface area contributed by atoms with E-state index in [1.165, 1.54) is 33.4 Å². The number of hydrogen-bond donors (Lipinski definition) is 0. The van der Waals surface area contributed by atoms with Gasteiger partial charge in [0.1, 0.15) is 11.0 Å². The van der Waals surface area contributed by atoms with Gasteiger partial charge in [-0.2, -0.15) is 4.80 Å². The zero-order valence-electron chi connectivity index (χ0n) is 28.5. The number of hydrogen-bond acceptors (Lipinski definition) is 3. The van der Waals surface area contributed by atoms with Crippen molar-refractivity contribution in [3.8, 4) is 27.9 Å². The maximum absolute atomic E-state index is 5.07. The fraction of sp³-hybridized carbons (Fsp3) is 0.0638. The molecule has 0 N–H and O–H groups in total. The highest BCUT2D eigenvalue weighted by atomic mass is 15.5. The topological polar surface area (TPSA) is 34.0 Å². The van der Waals surface area contributed by atoms with Crippen molar-refractivity contribution in [1.29, 1.82) is 0 Å². The van der Waals surface area contributed by atoms with Crippen LogP contribution in [0.1, 0.15) is 25.0 Å². The van der Waals surface area contributed by atoms with Gasteiger partial charge in [-0.05, 0) is 92.5 Å². The molecule has 0 unspecified atom stereocenters. The maximum Gasteiger partial charge on any atom is 0.122 e. The molecule has 1 aliphatic carbocycles. The minimum atomic E-state index is -0.111. The van der Waals surface area contributed by atoms with Crippen LogP contribution in [0.3, 0.4) is 0 Å². The standard InChI is InChI=1S/C47H34N4/c1-47(2)40-17-10-9-16-38(40)45-41(47)18-11-19-43(45)50(35-26-22-32(23-27-35)31-12-5-3-6-13-31)37-28-24-33-20-21-34-25-29-42-46(44(34)39(33)30-37)49-51(48-42)36-14-7-4-8-15-36/h3-30H,1-2H3. The lowest BCUT2D eigenvalue weighted by molar-refractivity contribution is 0.660. The first-order valence-electron chi connectivity index (χ1n) is 17.5. The highest BCUT2D eigenvalue weighted by molar-refractivity contribution is 6.19. The van der Waals surface area contributed by atoms with Crippen molar-refractivity contribution in [3.05, 3.63) is 181 Å². The molecule has 1 aromatic heterocycles. The summed E-state index contributed by atoms with van der Waals surface area (Å²) < 4.78 is 0. The van der Waals surface area contributed by atoms with Gasteiger partial charge in [-0.3, -0.25) is 0 Å². The smallest absolute Gasteiger partial charge is 0.122 e. The summed E-state index contributed by atoms with van der Waals surface area (Å²) in [7, 11) is 0. The van der Waals surface area contributed by atoms with E-state index in [0.29, 0.717) is 0 Å². The predicted octanol–water partition coefficient (Wildman–Crippen LogP) is 12.2. The van der Waals surface area contributed by atoms with Crippen molar-refractivity contribution in [3.63, 3.8) is 0 Å². The Labute approximate surface area is 296 Å². The molecule has 0 radical (unpaired) electrons. The average molecular weight is 655 g/mol. The zero-order chi connectivity index (χ0) is 34.1. The van der Waals surface area contributed by atoms with Crippen LogP contribution in [-0.4, -0.2) is 15.0 Å². The van der Waals surface area contributed by atoms with E-state index in [0.717, 1.165) is 55.3 Å². The monoisotopic (exact) mass is 654 g/mol. The summed E-state index contributed by atoms with van der Waals surface area (Å²) in [5.74, 6) is 0. The summed E-state index contributed by atoms with van der Waals surface area (Å²) in [6.07, 6.45) is 0. The molecule has 0 atom stereocenters. The lowest BCUT2D eigenvalue weighted by atomic mass is 9.82. The van der Waals surface area contributed by atoms with E-state index in [4.69, 9.17) is 10.2 Å². The molecule has 0 bridgehead atoms. The summed E-state index contributed by atoms with van der Waals surface area (Å²) in [5, 5.41) is 14.5. The van der Waals surface area contributed by atoms with Crippen LogP contribution in [0.25, 0.3) is 60.5 Å². The number of para-hydroxylation sites is 1. The summed E-state index contributed by atoms with van der Waals surface area (Å²) in [6.45, 7) is 4.69. The minimum Gasteiger partial charge on any atom is -0.310 e. The normalized spacial score (nSPS) is 13.1. The van der Waals surface area contributed by atoms with Gasteiger partial charge in [-0.15, -0.1) is 10.2 Å². The van der Waals surface area contributed by atoms with E-state index < -0.39 is 0 Å². The summed E-state index contributed by atoms with van der Waals surface area (Å²) in [5.41, 5.74) is 13.6. The molecule has 0 amide bonds. The van der Waals surface area contributed by atoms with Gasteiger partial charge in [0.15, 0.2) is 0 Å². The number of rotatable bonds is 5. The molecule has 10 rings (SSSR count). The predicted molar refractivity (Wildman–Crippen MR) is 212 cm³/mol. The number of anilines is 3. The Morgan fingerprint density at radius 1 is 0.529 bits per heavy atom. The second-order valence-electron chi connectivity index (χ2n) is 13.9. The van der Waals surface area contributed by atoms with E-state index >= 15 is 0 Å². The number of benzene rings is 8. The third-order valence-electron chi connectivity index (χ3n) is 10.6. The van der Waals surface area contributed by atoms with Gasteiger partial charge >= 0.3 is 0 Å². The van der Waals surface area contributed by atoms with E-state index in [2.05, 4.69) is 158 Å². The molecule has 4 nitrogen and oxygen atoms in total. The third kappa shape index (κ3) is 4.60. The Morgan fingerprint density at radius 2 is 1.18 bits per heavy atom. The number of aromatic nitrogens is 3. The molecule has 8 aromatic carbocycles. The largest absolute Gasteiger partial charge is 0.310 e. The first-order chi connectivity index (χ1) is 25.0. The van der Waals surface area contributed by atoms with Crippen molar-refractivity contribution in [2.45, 2.75) is 19.3 Å². The second kappa shape index (κ2) is 11.3. The van der Waals surface area contributed by atoms with Crippen molar-refractivity contribution in [1.82, 2.24) is 15.0 Å². The Balaban J connectivity index is 1.22. The van der Waals surface area contributed by atoms with Crippen LogP contribution in [0.5, 0.6) is 0 Å². The van der Waals surface area contributed by atoms with Crippen molar-refractivity contribution < 1.29 is 0 Å². The molecule has 51 heavy (non-hydrogen) atoms. The van der Waals surface area contributed by atoms with Crippen molar-refractivity contribution in [2.24, 2.45) is 0 Å². The molecule has 0 aliphatic heterocycles. The maximum atomic E-state index is 5.07. The van der Waals surface area contributed by atoms with Crippen LogP contribution in [0, 0.1) is 0 Å². The van der Waals surface area contributed by atoms with Gasteiger partial charge in [0.2, 0.25) is 0 Å². The zero-order valence-corrected chi connectivity index (χ0v) is 28.5. The molecule has 0 spiro atoms. The summed E-state index contributed by atoms with van der Waals surface area (Å²) in [4.78, 5) is 4.19. The first-order valence-corrected chi connectivity index (χ1v) is 17.5. The van der Waals surface area contributed by atoms with Crippen LogP contribution in [0.2, 0.25) is 0 Å². The lowest BCUT2D eigenvalue weighted by Crippen LogP contribution is -2.16. The Hall–Kier alpha value is -6.52. The molecule has 1 heterocycles. The van der Waals surface area contributed by atoms with Gasteiger partial charge in [-0.25, -0.2) is 0 Å². The third-order valence-corrected chi connectivity index (χ3v) is 10.6. The van der Waals surface area contributed by atoms with Crippen LogP contribution < -0.4 is 4.90 Å². The van der Waals surface area contributed by atoms with E-state index in [9.17, 15) is 0 Å². The molecule has 0 saturated heterocycles. The molecule has 242 valence electrons. The van der Waals surface area contributed by atoms with Crippen LogP contribution in [0.15, 0.2) is 170 Å². The molecular weight excluding hydrogens is 621 g/mol. The highest BCUT2D eigenvalue weighted by Crippen LogP contribution is 2.54. The van der Waals surface area contributed by atoms with Gasteiger partial charge in [-0.1, -0.05) is 135 Å². The fourth-order valence-electron chi connectivity index (χ4n) is 8.10. The van der Waals surface area contributed by atoms with E-state index in [1.807, 2.05) is 30.3 Å². The minimum absolute atomic E-state index is 0.111. The second-order valence-corrected chi connectivity index (χ2v) is 13.9. The van der Waals surface area contributed by atoms with Gasteiger partial charge < -0.3 is 4.90 Å². The Morgan fingerprint density at radius 3 is 2.00 bits per heavy atom. The van der Waals surface area contributed by atoms with Crippen molar-refractivity contribution in [2.75, 3.05) is 4.90 Å². The Bertz CT molecular complexity index is 2760. The molecule has 4 heteroatoms. The Kier molecular flexibility index (Phi) is 6.49. The number of nitrogens with zero attached hydrogens (tertiary/aromatic N) is 4. The van der Waals surface area contributed by atoms with E-state index in [1.54, 1.807) is 4.80 Å². The van der Waals surface area contributed by atoms with E-state index in [-0.39, 0.29) is 5.41 Å². The van der Waals surface area contributed by atoms with Crippen LogP contribution >= 0.6 is 0 Å². The fourth-order valence-corrected chi connectivity index (χ4v) is 8.10. The molecule has 0 fully saturated rings. The van der Waals surface area contributed by atoms with Crippen LogP contribution in [-0.2, 0) is 5.41 Å². The molecular formula is C47H34N4. The summed E-state index contributed by atoms with van der Waals surface area (Å²) >= 11 is 0. The van der Waals surface area contributed by atoms with Crippen LogP contribution in [0.4, 0.5) is 17.1 Å². The average Bonchev–Trinajstić information content (AvgIpc) is 3.73. The SMILES string of the molecule is CC1(C)c2ccccc2-c2c(N(c3ccc(-c4ccccc4)cc3)c3ccc4ccc5ccc6nn(-c7ccccc7)nc6c5c4c3)cccc21. The molecule has 1 aliphatic rings. The first kappa shape index (κ1) is 29.4. The quantitative estimate of drug-likeness (QED) is 0.173. The highest BCUT2D eigenvalue weighted by Gasteiger charge is 2.37.